The maximum Gasteiger partial charge on any atom is 0.253 e. The zero-order valence-corrected chi connectivity index (χ0v) is 10.3. The first-order valence-corrected chi connectivity index (χ1v) is 5.50. The first kappa shape index (κ1) is 12.2. The topological polar surface area (TPSA) is 30.0 Å². The highest BCUT2D eigenvalue weighted by molar-refractivity contribution is 6.68. The van der Waals surface area contributed by atoms with Crippen molar-refractivity contribution in [3.63, 3.8) is 0 Å². The molecule has 0 bridgehead atoms. The minimum Gasteiger partial charge on any atom is -0.276 e. The Morgan fingerprint density at radius 3 is 1.80 bits per heavy atom. The maximum atomic E-state index is 11.4. The van der Waals surface area contributed by atoms with Gasteiger partial charge in [0, 0.05) is 18.0 Å². The van der Waals surface area contributed by atoms with Gasteiger partial charge in [0.1, 0.15) is 0 Å². The van der Waals surface area contributed by atoms with Crippen LogP contribution in [0.4, 0.5) is 0 Å². The highest BCUT2D eigenvalue weighted by atomic mass is 35.5. The van der Waals surface area contributed by atoms with E-state index in [4.69, 9.17) is 11.6 Å². The summed E-state index contributed by atoms with van der Waals surface area (Å²) in [5, 5.41) is -0.384. The molecule has 82 valence electrons. The van der Waals surface area contributed by atoms with E-state index in [1.807, 2.05) is 27.7 Å². The summed E-state index contributed by atoms with van der Waals surface area (Å²) in [7, 11) is 0. The fourth-order valence-electron chi connectivity index (χ4n) is 1.60. The summed E-state index contributed by atoms with van der Waals surface area (Å²) in [5.74, 6) is 0.516. The van der Waals surface area contributed by atoms with Crippen molar-refractivity contribution < 1.29 is 4.79 Å². The highest BCUT2D eigenvalue weighted by Gasteiger charge is 2.18. The Balaban J connectivity index is 3.42. The quantitative estimate of drug-likeness (QED) is 0.735. The van der Waals surface area contributed by atoms with Gasteiger partial charge in [0.2, 0.25) is 0 Å². The van der Waals surface area contributed by atoms with Gasteiger partial charge in [-0.1, -0.05) is 27.7 Å². The Kier molecular flexibility index (Phi) is 3.86. The van der Waals surface area contributed by atoms with Crippen LogP contribution in [0, 0.1) is 0 Å². The molecular formula is C12H16ClNO. The number of halogens is 1. The minimum absolute atomic E-state index is 0.258. The zero-order valence-electron chi connectivity index (χ0n) is 9.54. The lowest BCUT2D eigenvalue weighted by atomic mass is 9.92. The average Bonchev–Trinajstić information content (AvgIpc) is 2.16. The van der Waals surface area contributed by atoms with Gasteiger partial charge in [-0.3, -0.25) is 9.78 Å². The predicted octanol–water partition coefficient (Wildman–Crippen LogP) is 3.71. The number of carbonyl (C=O) groups excluding carboxylic acids is 1. The van der Waals surface area contributed by atoms with Crippen molar-refractivity contribution in [3.8, 4) is 0 Å². The van der Waals surface area contributed by atoms with Crippen LogP contribution in [-0.4, -0.2) is 10.2 Å². The Morgan fingerprint density at radius 1 is 1.13 bits per heavy atom. The lowest BCUT2D eigenvalue weighted by Crippen LogP contribution is -2.07. The molecule has 1 aromatic rings. The van der Waals surface area contributed by atoms with E-state index >= 15 is 0 Å². The molecule has 0 aromatic carbocycles. The van der Waals surface area contributed by atoms with Crippen molar-refractivity contribution in [2.75, 3.05) is 0 Å². The molecular weight excluding hydrogens is 210 g/mol. The van der Waals surface area contributed by atoms with Gasteiger partial charge >= 0.3 is 0 Å². The SMILES string of the molecule is CC(C)c1cncc(C(C)C)c1C(=O)Cl. The summed E-state index contributed by atoms with van der Waals surface area (Å²) in [5.41, 5.74) is 2.50. The Hall–Kier alpha value is -0.890. The van der Waals surface area contributed by atoms with Crippen LogP contribution in [0.25, 0.3) is 0 Å². The van der Waals surface area contributed by atoms with E-state index in [9.17, 15) is 4.79 Å². The molecule has 0 saturated carbocycles. The van der Waals surface area contributed by atoms with Crippen molar-refractivity contribution in [1.82, 2.24) is 4.98 Å². The third kappa shape index (κ3) is 2.57. The van der Waals surface area contributed by atoms with Crippen molar-refractivity contribution >= 4 is 16.8 Å². The minimum atomic E-state index is -0.384. The van der Waals surface area contributed by atoms with E-state index in [0.29, 0.717) is 5.56 Å². The summed E-state index contributed by atoms with van der Waals surface area (Å²) in [6.45, 7) is 8.13. The highest BCUT2D eigenvalue weighted by Crippen LogP contribution is 2.27. The molecule has 2 nitrogen and oxygen atoms in total. The smallest absolute Gasteiger partial charge is 0.253 e. The standard InChI is InChI=1S/C12H16ClNO/c1-7(2)9-5-14-6-10(8(3)4)11(9)12(13)15/h5-8H,1-4H3. The molecule has 0 unspecified atom stereocenters. The molecule has 0 aliphatic heterocycles. The molecule has 15 heavy (non-hydrogen) atoms. The second-order valence-electron chi connectivity index (χ2n) is 4.28. The van der Waals surface area contributed by atoms with Crippen molar-refractivity contribution in [2.45, 2.75) is 39.5 Å². The van der Waals surface area contributed by atoms with Crippen LogP contribution in [0.15, 0.2) is 12.4 Å². The van der Waals surface area contributed by atoms with E-state index in [1.54, 1.807) is 12.4 Å². The third-order valence-corrected chi connectivity index (χ3v) is 2.63. The molecule has 0 N–H and O–H groups in total. The van der Waals surface area contributed by atoms with Gasteiger partial charge in [0.15, 0.2) is 0 Å². The van der Waals surface area contributed by atoms with Crippen LogP contribution in [0.5, 0.6) is 0 Å². The lowest BCUT2D eigenvalue weighted by molar-refractivity contribution is 0.107. The van der Waals surface area contributed by atoms with Crippen molar-refractivity contribution in [1.29, 1.82) is 0 Å². The average molecular weight is 226 g/mol. The van der Waals surface area contributed by atoms with E-state index in [2.05, 4.69) is 4.98 Å². The number of hydrogen-bond acceptors (Lipinski definition) is 2. The van der Waals surface area contributed by atoms with E-state index in [-0.39, 0.29) is 17.1 Å². The predicted molar refractivity (Wildman–Crippen MR) is 62.6 cm³/mol. The summed E-state index contributed by atoms with van der Waals surface area (Å²) in [6, 6.07) is 0. The van der Waals surface area contributed by atoms with Gasteiger partial charge < -0.3 is 0 Å². The summed E-state index contributed by atoms with van der Waals surface area (Å²) in [6.07, 6.45) is 3.46. The summed E-state index contributed by atoms with van der Waals surface area (Å²) in [4.78, 5) is 15.6. The number of rotatable bonds is 3. The van der Waals surface area contributed by atoms with Gasteiger partial charge in [0.25, 0.3) is 5.24 Å². The number of carbonyl (C=O) groups is 1. The molecule has 1 aromatic heterocycles. The molecule has 0 atom stereocenters. The molecule has 0 saturated heterocycles. The number of aromatic nitrogens is 1. The molecule has 0 aliphatic carbocycles. The summed E-state index contributed by atoms with van der Waals surface area (Å²) < 4.78 is 0. The molecule has 3 heteroatoms. The van der Waals surface area contributed by atoms with Gasteiger partial charge in [-0.05, 0) is 34.6 Å². The van der Waals surface area contributed by atoms with Crippen LogP contribution in [0.2, 0.25) is 0 Å². The van der Waals surface area contributed by atoms with Crippen LogP contribution in [0.3, 0.4) is 0 Å². The Bertz CT molecular complexity index is 346. The number of hydrogen-bond donors (Lipinski definition) is 0. The Morgan fingerprint density at radius 2 is 1.53 bits per heavy atom. The Labute approximate surface area is 95.7 Å². The first-order valence-electron chi connectivity index (χ1n) is 5.12. The first-order chi connectivity index (χ1) is 6.95. The van der Waals surface area contributed by atoms with Gasteiger partial charge in [-0.25, -0.2) is 0 Å². The van der Waals surface area contributed by atoms with Crippen LogP contribution in [-0.2, 0) is 0 Å². The van der Waals surface area contributed by atoms with Gasteiger partial charge in [0.05, 0.1) is 0 Å². The second kappa shape index (κ2) is 4.75. The van der Waals surface area contributed by atoms with Crippen LogP contribution < -0.4 is 0 Å². The van der Waals surface area contributed by atoms with Gasteiger partial charge in [-0.15, -0.1) is 0 Å². The fraction of sp³-hybridized carbons (Fsp3) is 0.500. The fourth-order valence-corrected chi connectivity index (χ4v) is 1.81. The molecule has 0 radical (unpaired) electrons. The second-order valence-corrected chi connectivity index (χ2v) is 4.62. The molecule has 0 spiro atoms. The number of pyridine rings is 1. The van der Waals surface area contributed by atoms with Crippen molar-refractivity contribution in [2.24, 2.45) is 0 Å². The largest absolute Gasteiger partial charge is 0.276 e. The normalized spacial score (nSPS) is 11.1. The van der Waals surface area contributed by atoms with Crippen LogP contribution in [0.1, 0.15) is 61.0 Å². The molecule has 1 heterocycles. The van der Waals surface area contributed by atoms with E-state index < -0.39 is 0 Å². The van der Waals surface area contributed by atoms with Crippen LogP contribution >= 0.6 is 11.6 Å². The third-order valence-electron chi connectivity index (χ3n) is 2.45. The zero-order chi connectivity index (χ0) is 11.6. The lowest BCUT2D eigenvalue weighted by Gasteiger charge is -2.15. The number of nitrogens with zero attached hydrogens (tertiary/aromatic N) is 1. The maximum absolute atomic E-state index is 11.4. The molecule has 0 amide bonds. The van der Waals surface area contributed by atoms with Gasteiger partial charge in [-0.2, -0.15) is 0 Å². The molecule has 1 rings (SSSR count). The molecule has 0 aliphatic rings. The monoisotopic (exact) mass is 225 g/mol. The van der Waals surface area contributed by atoms with Crippen molar-refractivity contribution in [3.05, 3.63) is 29.1 Å². The molecule has 0 fully saturated rings. The van der Waals surface area contributed by atoms with E-state index in [1.165, 1.54) is 0 Å². The van der Waals surface area contributed by atoms with E-state index in [0.717, 1.165) is 11.1 Å². The summed E-state index contributed by atoms with van der Waals surface area (Å²) >= 11 is 5.63.